The molecule has 2 atom stereocenters. The van der Waals surface area contributed by atoms with Gasteiger partial charge < -0.3 is 4.74 Å². The third-order valence-corrected chi connectivity index (χ3v) is 4.09. The van der Waals surface area contributed by atoms with Crippen LogP contribution >= 0.6 is 11.3 Å². The molecule has 0 aliphatic carbocycles. The van der Waals surface area contributed by atoms with Crippen LogP contribution in [-0.2, 0) is 11.2 Å². The van der Waals surface area contributed by atoms with Gasteiger partial charge in [-0.25, -0.2) is 4.98 Å². The lowest BCUT2D eigenvalue weighted by Crippen LogP contribution is -2.42. The largest absolute Gasteiger partial charge is 0.381 e. The van der Waals surface area contributed by atoms with E-state index in [1.807, 2.05) is 11.6 Å². The van der Waals surface area contributed by atoms with E-state index >= 15 is 0 Å². The second-order valence-corrected chi connectivity index (χ2v) is 5.30. The van der Waals surface area contributed by atoms with Crippen LogP contribution in [0.2, 0.25) is 0 Å². The van der Waals surface area contributed by atoms with Gasteiger partial charge in [0, 0.05) is 42.8 Å². The molecular weight excluding hydrogens is 236 g/mol. The summed E-state index contributed by atoms with van der Waals surface area (Å²) in [6, 6.07) is 0.252. The van der Waals surface area contributed by atoms with Crippen molar-refractivity contribution in [2.75, 3.05) is 13.2 Å². The normalized spacial score (nSPS) is 22.3. The highest BCUT2D eigenvalue weighted by Crippen LogP contribution is 2.20. The number of hydrazine groups is 1. The van der Waals surface area contributed by atoms with Crippen molar-refractivity contribution in [3.05, 3.63) is 23.5 Å². The Morgan fingerprint density at radius 3 is 3.35 bits per heavy atom. The van der Waals surface area contributed by atoms with Crippen LogP contribution in [0.5, 0.6) is 0 Å². The van der Waals surface area contributed by atoms with Crippen LogP contribution in [0.25, 0.3) is 4.96 Å². The molecule has 1 saturated heterocycles. The third kappa shape index (κ3) is 2.21. The molecule has 2 aromatic heterocycles. The smallest absolute Gasteiger partial charge is 0.193 e. The number of nitrogens with two attached hydrogens (primary N) is 1. The summed E-state index contributed by atoms with van der Waals surface area (Å²) in [6.07, 6.45) is 6.04. The molecule has 0 aromatic carbocycles. The van der Waals surface area contributed by atoms with Gasteiger partial charge in [-0.2, -0.15) is 0 Å². The molecule has 1 aliphatic heterocycles. The molecule has 1 aliphatic rings. The monoisotopic (exact) mass is 252 g/mol. The standard InChI is InChI=1S/C11H16N4OS/c12-14-10(8-1-3-16-7-8)5-9-6-15-2-4-17-11(15)13-9/h2,4,6,8,10,14H,1,3,5,7,12H2. The van der Waals surface area contributed by atoms with Gasteiger partial charge in [-0.1, -0.05) is 0 Å². The van der Waals surface area contributed by atoms with Gasteiger partial charge in [0.25, 0.3) is 0 Å². The molecule has 0 bridgehead atoms. The van der Waals surface area contributed by atoms with E-state index in [-0.39, 0.29) is 6.04 Å². The molecule has 3 rings (SSSR count). The lowest BCUT2D eigenvalue weighted by atomic mass is 9.96. The summed E-state index contributed by atoms with van der Waals surface area (Å²) in [4.78, 5) is 5.62. The molecule has 0 spiro atoms. The SMILES string of the molecule is NNC(Cc1cn2ccsc2n1)C1CCOC1. The van der Waals surface area contributed by atoms with E-state index in [4.69, 9.17) is 10.6 Å². The van der Waals surface area contributed by atoms with E-state index in [0.29, 0.717) is 5.92 Å². The Morgan fingerprint density at radius 1 is 1.71 bits per heavy atom. The van der Waals surface area contributed by atoms with Crippen molar-refractivity contribution in [2.24, 2.45) is 11.8 Å². The zero-order valence-electron chi connectivity index (χ0n) is 9.50. The van der Waals surface area contributed by atoms with Crippen molar-refractivity contribution in [3.8, 4) is 0 Å². The summed E-state index contributed by atoms with van der Waals surface area (Å²) in [7, 11) is 0. The zero-order chi connectivity index (χ0) is 11.7. The minimum absolute atomic E-state index is 0.252. The predicted molar refractivity (Wildman–Crippen MR) is 66.8 cm³/mol. The van der Waals surface area contributed by atoms with Gasteiger partial charge in [0.2, 0.25) is 0 Å². The number of aromatic nitrogens is 2. The molecule has 3 N–H and O–H groups in total. The Morgan fingerprint density at radius 2 is 2.65 bits per heavy atom. The molecule has 0 radical (unpaired) electrons. The predicted octanol–water partition coefficient (Wildman–Crippen LogP) is 0.807. The van der Waals surface area contributed by atoms with E-state index in [2.05, 4.69) is 21.0 Å². The van der Waals surface area contributed by atoms with Gasteiger partial charge in [-0.05, 0) is 6.42 Å². The average Bonchev–Trinajstić information content (AvgIpc) is 3.01. The number of rotatable bonds is 4. The first-order valence-corrected chi connectivity index (χ1v) is 6.70. The summed E-state index contributed by atoms with van der Waals surface area (Å²) in [6.45, 7) is 1.65. The summed E-state index contributed by atoms with van der Waals surface area (Å²) in [5.41, 5.74) is 3.99. The highest BCUT2D eigenvalue weighted by molar-refractivity contribution is 7.15. The maximum atomic E-state index is 5.63. The minimum atomic E-state index is 0.252. The Bertz CT molecular complexity index is 460. The second-order valence-electron chi connectivity index (χ2n) is 4.43. The van der Waals surface area contributed by atoms with Crippen LogP contribution < -0.4 is 11.3 Å². The topological polar surface area (TPSA) is 64.6 Å². The average molecular weight is 252 g/mol. The minimum Gasteiger partial charge on any atom is -0.381 e. The fourth-order valence-corrected chi connectivity index (χ4v) is 3.05. The van der Waals surface area contributed by atoms with E-state index in [0.717, 1.165) is 36.7 Å². The summed E-state index contributed by atoms with van der Waals surface area (Å²) in [5.74, 6) is 6.13. The molecule has 0 saturated carbocycles. The summed E-state index contributed by atoms with van der Waals surface area (Å²) in [5, 5.41) is 2.04. The molecule has 5 nitrogen and oxygen atoms in total. The Hall–Kier alpha value is -0.950. The maximum Gasteiger partial charge on any atom is 0.193 e. The molecule has 0 amide bonds. The van der Waals surface area contributed by atoms with Crippen molar-refractivity contribution < 1.29 is 4.74 Å². The van der Waals surface area contributed by atoms with Crippen molar-refractivity contribution in [1.29, 1.82) is 0 Å². The summed E-state index contributed by atoms with van der Waals surface area (Å²) < 4.78 is 7.46. The van der Waals surface area contributed by atoms with Crippen LogP contribution in [0.15, 0.2) is 17.8 Å². The fraction of sp³-hybridized carbons (Fsp3) is 0.545. The lowest BCUT2D eigenvalue weighted by Gasteiger charge is -2.20. The van der Waals surface area contributed by atoms with Crippen LogP contribution in [-0.4, -0.2) is 28.6 Å². The van der Waals surface area contributed by atoms with Crippen molar-refractivity contribution >= 4 is 16.3 Å². The molecule has 92 valence electrons. The first-order valence-electron chi connectivity index (χ1n) is 5.82. The molecule has 3 heterocycles. The van der Waals surface area contributed by atoms with Gasteiger partial charge >= 0.3 is 0 Å². The number of nitrogens with one attached hydrogen (secondary N) is 1. The Labute approximate surface area is 104 Å². The Balaban J connectivity index is 1.73. The molecule has 2 unspecified atom stereocenters. The van der Waals surface area contributed by atoms with Crippen LogP contribution in [0.1, 0.15) is 12.1 Å². The van der Waals surface area contributed by atoms with Gasteiger partial charge in [0.1, 0.15) is 0 Å². The van der Waals surface area contributed by atoms with Crippen molar-refractivity contribution in [1.82, 2.24) is 14.8 Å². The number of fused-ring (bicyclic) bond motifs is 1. The van der Waals surface area contributed by atoms with E-state index < -0.39 is 0 Å². The molecule has 1 fully saturated rings. The lowest BCUT2D eigenvalue weighted by molar-refractivity contribution is 0.176. The zero-order valence-corrected chi connectivity index (χ0v) is 10.3. The first kappa shape index (κ1) is 11.2. The maximum absolute atomic E-state index is 5.63. The van der Waals surface area contributed by atoms with E-state index in [9.17, 15) is 0 Å². The third-order valence-electron chi connectivity index (χ3n) is 3.32. The van der Waals surface area contributed by atoms with Crippen LogP contribution in [0.3, 0.4) is 0 Å². The number of imidazole rings is 1. The quantitative estimate of drug-likeness (QED) is 0.624. The van der Waals surface area contributed by atoms with Gasteiger partial charge in [0.15, 0.2) is 4.96 Å². The van der Waals surface area contributed by atoms with E-state index in [1.54, 1.807) is 11.3 Å². The molecular formula is C11H16N4OS. The van der Waals surface area contributed by atoms with Crippen molar-refractivity contribution in [3.63, 3.8) is 0 Å². The van der Waals surface area contributed by atoms with Gasteiger partial charge in [-0.3, -0.25) is 15.7 Å². The fourth-order valence-electron chi connectivity index (χ4n) is 2.33. The van der Waals surface area contributed by atoms with E-state index in [1.165, 1.54) is 0 Å². The summed E-state index contributed by atoms with van der Waals surface area (Å²) >= 11 is 1.65. The Kier molecular flexibility index (Phi) is 3.11. The number of nitrogens with zero attached hydrogens (tertiary/aromatic N) is 2. The number of hydrogen-bond donors (Lipinski definition) is 2. The number of ether oxygens (including phenoxy) is 1. The highest BCUT2D eigenvalue weighted by atomic mass is 32.1. The second kappa shape index (κ2) is 4.73. The molecule has 2 aromatic rings. The molecule has 6 heteroatoms. The highest BCUT2D eigenvalue weighted by Gasteiger charge is 2.25. The van der Waals surface area contributed by atoms with Crippen molar-refractivity contribution in [2.45, 2.75) is 18.9 Å². The first-order chi connectivity index (χ1) is 8.36. The van der Waals surface area contributed by atoms with Crippen LogP contribution in [0.4, 0.5) is 0 Å². The van der Waals surface area contributed by atoms with Crippen LogP contribution in [0, 0.1) is 5.92 Å². The molecule has 17 heavy (non-hydrogen) atoms. The number of thiazole rings is 1. The van der Waals surface area contributed by atoms with Gasteiger partial charge in [-0.15, -0.1) is 11.3 Å². The van der Waals surface area contributed by atoms with Gasteiger partial charge in [0.05, 0.1) is 12.3 Å². The number of hydrogen-bond acceptors (Lipinski definition) is 5.